The number of hydrogen-bond donors (Lipinski definition) is 0. The van der Waals surface area contributed by atoms with Crippen molar-refractivity contribution in [1.82, 2.24) is 9.80 Å². The van der Waals surface area contributed by atoms with E-state index in [4.69, 9.17) is 0 Å². The Morgan fingerprint density at radius 3 is 1.15 bits per heavy atom. The van der Waals surface area contributed by atoms with Gasteiger partial charge in [0, 0.05) is 14.1 Å². The van der Waals surface area contributed by atoms with Gasteiger partial charge in [0.2, 0.25) is 23.6 Å². The summed E-state index contributed by atoms with van der Waals surface area (Å²) in [5.41, 5.74) is 0. The van der Waals surface area contributed by atoms with Crippen molar-refractivity contribution in [3.05, 3.63) is 0 Å². The second-order valence-corrected chi connectivity index (χ2v) is 6.48. The average molecular weight is 276 g/mol. The van der Waals surface area contributed by atoms with Crippen molar-refractivity contribution in [2.75, 3.05) is 14.1 Å². The first kappa shape index (κ1) is 12.1. The zero-order chi connectivity index (χ0) is 14.3. The van der Waals surface area contributed by atoms with E-state index in [1.165, 1.54) is 23.9 Å². The van der Waals surface area contributed by atoms with E-state index in [1.54, 1.807) is 0 Å². The Hall–Kier alpha value is -1.72. The average Bonchev–Trinajstić information content (AvgIpc) is 2.83. The topological polar surface area (TPSA) is 74.8 Å². The summed E-state index contributed by atoms with van der Waals surface area (Å²) in [6.45, 7) is 0. The molecule has 2 bridgehead atoms. The van der Waals surface area contributed by atoms with Gasteiger partial charge >= 0.3 is 0 Å². The molecule has 2 saturated heterocycles. The number of rotatable bonds is 0. The molecule has 5 aliphatic rings. The number of amides is 4. The highest BCUT2D eigenvalue weighted by Crippen LogP contribution is 2.60. The molecule has 106 valence electrons. The molecule has 6 heteroatoms. The number of likely N-dealkylation sites (tertiary alicyclic amines) is 2. The molecule has 4 unspecified atom stereocenters. The van der Waals surface area contributed by atoms with Crippen LogP contribution in [0.15, 0.2) is 0 Å². The molecule has 4 atom stereocenters. The molecule has 3 saturated carbocycles. The molecule has 0 aromatic rings. The minimum Gasteiger partial charge on any atom is -0.285 e. The van der Waals surface area contributed by atoms with Crippen LogP contribution in [0.5, 0.6) is 0 Å². The zero-order valence-corrected chi connectivity index (χ0v) is 11.4. The van der Waals surface area contributed by atoms with E-state index in [0.717, 1.165) is 12.8 Å². The Morgan fingerprint density at radius 2 is 0.900 bits per heavy atom. The third-order valence-corrected chi connectivity index (χ3v) is 5.92. The maximum Gasteiger partial charge on any atom is 0.233 e. The Bertz CT molecular complexity index is 478. The number of nitrogens with zero attached hydrogens (tertiary/aromatic N) is 2. The smallest absolute Gasteiger partial charge is 0.233 e. The molecule has 2 heterocycles. The van der Waals surface area contributed by atoms with Gasteiger partial charge in [0.15, 0.2) is 0 Å². The highest BCUT2D eigenvalue weighted by Gasteiger charge is 2.68. The van der Waals surface area contributed by atoms with E-state index in [1.807, 2.05) is 0 Å². The van der Waals surface area contributed by atoms with Crippen LogP contribution in [0, 0.1) is 35.5 Å². The molecule has 5 rings (SSSR count). The highest BCUT2D eigenvalue weighted by molar-refractivity contribution is 6.10. The van der Waals surface area contributed by atoms with Gasteiger partial charge in [0.25, 0.3) is 0 Å². The van der Waals surface area contributed by atoms with Crippen molar-refractivity contribution in [3.63, 3.8) is 0 Å². The Kier molecular flexibility index (Phi) is 2.10. The number of hydrogen-bond acceptors (Lipinski definition) is 4. The summed E-state index contributed by atoms with van der Waals surface area (Å²) in [7, 11) is 3.02. The molecular weight excluding hydrogens is 260 g/mol. The molecule has 0 N–H and O–H groups in total. The summed E-state index contributed by atoms with van der Waals surface area (Å²) in [5, 5.41) is 0. The summed E-state index contributed by atoms with van der Waals surface area (Å²) < 4.78 is 0. The van der Waals surface area contributed by atoms with E-state index in [-0.39, 0.29) is 59.1 Å². The second-order valence-electron chi connectivity index (χ2n) is 6.48. The predicted octanol–water partition coefficient (Wildman–Crippen LogP) is -0.512. The van der Waals surface area contributed by atoms with E-state index < -0.39 is 0 Å². The minimum absolute atomic E-state index is 0.141. The van der Waals surface area contributed by atoms with Crippen LogP contribution in [-0.4, -0.2) is 47.5 Å². The first-order valence-electron chi connectivity index (χ1n) is 7.08. The van der Waals surface area contributed by atoms with E-state index >= 15 is 0 Å². The molecular formula is C14H16N2O4. The van der Waals surface area contributed by atoms with Crippen molar-refractivity contribution < 1.29 is 19.2 Å². The van der Waals surface area contributed by atoms with Crippen LogP contribution in [0.1, 0.15) is 12.8 Å². The maximum atomic E-state index is 12.3. The van der Waals surface area contributed by atoms with Gasteiger partial charge in [-0.1, -0.05) is 0 Å². The standard InChI is InChI=1S/C14H16N2O4/c1-15-11(17)7-5-3-4-6(8(7)12(15)18)10-9(5)13(19)16(2)14(10)20/h5-10H,3-4H2,1-2H3. The number of carbonyl (C=O) groups is 4. The van der Waals surface area contributed by atoms with Crippen LogP contribution < -0.4 is 0 Å². The van der Waals surface area contributed by atoms with Crippen LogP contribution in [0.4, 0.5) is 0 Å². The molecule has 2 aliphatic heterocycles. The van der Waals surface area contributed by atoms with E-state index in [9.17, 15) is 19.2 Å². The summed E-state index contributed by atoms with van der Waals surface area (Å²) >= 11 is 0. The number of imide groups is 2. The molecule has 0 spiro atoms. The lowest BCUT2D eigenvalue weighted by molar-refractivity contribution is -0.148. The lowest BCUT2D eigenvalue weighted by atomic mass is 9.51. The van der Waals surface area contributed by atoms with Crippen LogP contribution in [-0.2, 0) is 19.2 Å². The van der Waals surface area contributed by atoms with Gasteiger partial charge < -0.3 is 0 Å². The van der Waals surface area contributed by atoms with Gasteiger partial charge in [-0.25, -0.2) is 0 Å². The molecule has 5 fully saturated rings. The highest BCUT2D eigenvalue weighted by atomic mass is 16.2. The molecule has 6 nitrogen and oxygen atoms in total. The lowest BCUT2D eigenvalue weighted by Gasteiger charge is -2.48. The molecule has 3 aliphatic carbocycles. The van der Waals surface area contributed by atoms with Crippen LogP contribution in [0.2, 0.25) is 0 Å². The SMILES string of the molecule is CN1C(=O)C2C3CCC(C2C1=O)C1C(=O)N(C)C(=O)C31. The lowest BCUT2D eigenvalue weighted by Crippen LogP contribution is -2.53. The number of carbonyl (C=O) groups excluding carboxylic acids is 4. The monoisotopic (exact) mass is 276 g/mol. The Morgan fingerprint density at radius 1 is 0.650 bits per heavy atom. The first-order chi connectivity index (χ1) is 9.45. The molecule has 20 heavy (non-hydrogen) atoms. The maximum absolute atomic E-state index is 12.3. The van der Waals surface area contributed by atoms with Crippen LogP contribution in [0.25, 0.3) is 0 Å². The van der Waals surface area contributed by atoms with Crippen molar-refractivity contribution >= 4 is 23.6 Å². The van der Waals surface area contributed by atoms with Gasteiger partial charge in [-0.3, -0.25) is 29.0 Å². The van der Waals surface area contributed by atoms with Crippen LogP contribution in [0.3, 0.4) is 0 Å². The summed E-state index contributed by atoms with van der Waals surface area (Å²) in [4.78, 5) is 51.6. The fourth-order valence-corrected chi connectivity index (χ4v) is 5.07. The zero-order valence-electron chi connectivity index (χ0n) is 11.4. The van der Waals surface area contributed by atoms with Crippen molar-refractivity contribution in [1.29, 1.82) is 0 Å². The number of fused-ring (bicyclic) bond motifs is 1. The summed E-state index contributed by atoms with van der Waals surface area (Å²) in [6, 6.07) is 0. The van der Waals surface area contributed by atoms with Gasteiger partial charge in [-0.2, -0.15) is 0 Å². The van der Waals surface area contributed by atoms with Gasteiger partial charge in [0.05, 0.1) is 23.7 Å². The van der Waals surface area contributed by atoms with Crippen molar-refractivity contribution in [3.8, 4) is 0 Å². The van der Waals surface area contributed by atoms with Crippen LogP contribution >= 0.6 is 0 Å². The largest absolute Gasteiger partial charge is 0.285 e. The van der Waals surface area contributed by atoms with Gasteiger partial charge in [0.1, 0.15) is 0 Å². The summed E-state index contributed by atoms with van der Waals surface area (Å²) in [6.07, 6.45) is 1.54. The second kappa shape index (κ2) is 3.48. The molecule has 0 aromatic heterocycles. The van der Waals surface area contributed by atoms with Crippen molar-refractivity contribution in [2.45, 2.75) is 12.8 Å². The van der Waals surface area contributed by atoms with Crippen molar-refractivity contribution in [2.24, 2.45) is 35.5 Å². The van der Waals surface area contributed by atoms with E-state index in [0.29, 0.717) is 0 Å². The normalized spacial score (nSPS) is 46.3. The Balaban J connectivity index is 1.84. The minimum atomic E-state index is -0.379. The fourth-order valence-electron chi connectivity index (χ4n) is 5.07. The third-order valence-electron chi connectivity index (χ3n) is 5.92. The quantitative estimate of drug-likeness (QED) is 0.558. The molecule has 0 radical (unpaired) electrons. The first-order valence-corrected chi connectivity index (χ1v) is 7.08. The van der Waals surface area contributed by atoms with Gasteiger partial charge in [-0.05, 0) is 24.7 Å². The Labute approximate surface area is 116 Å². The van der Waals surface area contributed by atoms with Gasteiger partial charge in [-0.15, -0.1) is 0 Å². The predicted molar refractivity (Wildman–Crippen MR) is 65.7 cm³/mol. The summed E-state index contributed by atoms with van der Waals surface area (Å²) in [5.74, 6) is -2.45. The molecule has 4 amide bonds. The van der Waals surface area contributed by atoms with E-state index in [2.05, 4.69) is 0 Å². The molecule has 0 aromatic carbocycles. The fraction of sp³-hybridized carbons (Fsp3) is 0.714. The third kappa shape index (κ3) is 1.08.